The lowest BCUT2D eigenvalue weighted by Gasteiger charge is -2.17. The van der Waals surface area contributed by atoms with Gasteiger partial charge in [-0.1, -0.05) is 6.92 Å². The smallest absolute Gasteiger partial charge is 0.0640 e. The summed E-state index contributed by atoms with van der Waals surface area (Å²) in [6.45, 7) is 2.94. The Balaban J connectivity index is 2.59. The van der Waals surface area contributed by atoms with Gasteiger partial charge in [-0.3, -0.25) is 0 Å². The number of benzene rings is 1. The minimum atomic E-state index is 0.571. The fraction of sp³-hybridized carbons (Fsp3) is 0.417. The predicted molar refractivity (Wildman–Crippen MR) is 66.3 cm³/mol. The van der Waals surface area contributed by atoms with Crippen molar-refractivity contribution < 1.29 is 0 Å². The molecule has 0 heterocycles. The molecule has 1 rings (SSSR count). The lowest BCUT2D eigenvalue weighted by molar-refractivity contribution is 0.904. The third-order valence-electron chi connectivity index (χ3n) is 2.15. The van der Waals surface area contributed by atoms with Gasteiger partial charge in [0, 0.05) is 24.2 Å². The topological polar surface area (TPSA) is 27.0 Å². The van der Waals surface area contributed by atoms with Crippen LogP contribution in [-0.2, 0) is 0 Å². The first-order chi connectivity index (χ1) is 7.27. The van der Waals surface area contributed by atoms with Gasteiger partial charge in [-0.15, -0.1) is 11.8 Å². The molecule has 1 aromatic carbocycles. The lowest BCUT2D eigenvalue weighted by Crippen LogP contribution is -2.17. The summed E-state index contributed by atoms with van der Waals surface area (Å²) in [6.07, 6.45) is 0.571. The quantitative estimate of drug-likeness (QED) is 0.713. The van der Waals surface area contributed by atoms with Crippen molar-refractivity contribution in [3.63, 3.8) is 0 Å². The largest absolute Gasteiger partial charge is 0.374 e. The van der Waals surface area contributed by atoms with Crippen molar-refractivity contribution in [3.8, 4) is 6.07 Å². The molecule has 0 atom stereocenters. The number of hydrogen-bond donors (Lipinski definition) is 0. The number of thioether (sulfide) groups is 1. The van der Waals surface area contributed by atoms with Crippen molar-refractivity contribution in [1.29, 1.82) is 5.26 Å². The van der Waals surface area contributed by atoms with Gasteiger partial charge in [0.15, 0.2) is 0 Å². The Kier molecular flexibility index (Phi) is 5.06. The zero-order chi connectivity index (χ0) is 11.1. The van der Waals surface area contributed by atoms with Crippen LogP contribution in [0.25, 0.3) is 0 Å². The van der Waals surface area contributed by atoms with E-state index in [4.69, 9.17) is 5.26 Å². The van der Waals surface area contributed by atoms with E-state index in [0.29, 0.717) is 6.42 Å². The molecule has 15 heavy (non-hydrogen) atoms. The zero-order valence-corrected chi connectivity index (χ0v) is 10.0. The molecule has 0 N–H and O–H groups in total. The van der Waals surface area contributed by atoms with Crippen LogP contribution in [0.1, 0.15) is 13.3 Å². The van der Waals surface area contributed by atoms with Crippen LogP contribution in [-0.4, -0.2) is 19.3 Å². The third kappa shape index (κ3) is 3.85. The van der Waals surface area contributed by atoms with Gasteiger partial charge in [0.05, 0.1) is 12.5 Å². The van der Waals surface area contributed by atoms with Crippen LogP contribution in [0.3, 0.4) is 0 Å². The van der Waals surface area contributed by atoms with E-state index in [9.17, 15) is 0 Å². The molecule has 1 aromatic rings. The second-order valence-corrected chi connectivity index (χ2v) is 4.59. The van der Waals surface area contributed by atoms with E-state index in [1.807, 2.05) is 18.8 Å². The van der Waals surface area contributed by atoms with Crippen molar-refractivity contribution in [2.45, 2.75) is 18.2 Å². The third-order valence-corrected chi connectivity index (χ3v) is 3.04. The van der Waals surface area contributed by atoms with Gasteiger partial charge in [0.2, 0.25) is 0 Å². The Morgan fingerprint density at radius 3 is 2.53 bits per heavy atom. The van der Waals surface area contributed by atoms with Gasteiger partial charge in [-0.25, -0.2) is 0 Å². The molecule has 0 bridgehead atoms. The van der Waals surface area contributed by atoms with E-state index >= 15 is 0 Å². The highest BCUT2D eigenvalue weighted by atomic mass is 32.2. The molecule has 80 valence electrons. The number of anilines is 1. The number of hydrogen-bond acceptors (Lipinski definition) is 3. The van der Waals surface area contributed by atoms with E-state index in [1.165, 1.54) is 10.6 Å². The second-order valence-electron chi connectivity index (χ2n) is 3.26. The zero-order valence-electron chi connectivity index (χ0n) is 9.23. The van der Waals surface area contributed by atoms with Crippen LogP contribution in [0.2, 0.25) is 0 Å². The van der Waals surface area contributed by atoms with E-state index < -0.39 is 0 Å². The van der Waals surface area contributed by atoms with Crippen molar-refractivity contribution >= 4 is 17.4 Å². The molecule has 0 aliphatic carbocycles. The molecule has 0 spiro atoms. The van der Waals surface area contributed by atoms with Gasteiger partial charge < -0.3 is 4.90 Å². The van der Waals surface area contributed by atoms with Gasteiger partial charge >= 0.3 is 0 Å². The summed E-state index contributed by atoms with van der Waals surface area (Å²) in [5.41, 5.74) is 1.17. The minimum absolute atomic E-state index is 0.571. The molecular formula is C12H16N2S. The average molecular weight is 220 g/mol. The van der Waals surface area contributed by atoms with E-state index in [2.05, 4.69) is 42.2 Å². The first-order valence-electron chi connectivity index (χ1n) is 5.09. The van der Waals surface area contributed by atoms with Gasteiger partial charge in [-0.2, -0.15) is 5.26 Å². The van der Waals surface area contributed by atoms with Gasteiger partial charge in [0.25, 0.3) is 0 Å². The standard InChI is InChI=1S/C12H16N2S/c1-3-15-12-7-5-11(6-8-12)14(2)10-4-9-13/h5-8H,3-4,10H2,1-2H3. The first-order valence-corrected chi connectivity index (χ1v) is 6.07. The average Bonchev–Trinajstić information content (AvgIpc) is 2.27. The molecule has 0 saturated carbocycles. The van der Waals surface area contributed by atoms with Crippen LogP contribution >= 0.6 is 11.8 Å². The molecule has 2 nitrogen and oxygen atoms in total. The summed E-state index contributed by atoms with van der Waals surface area (Å²) < 4.78 is 0. The number of nitrogens with zero attached hydrogens (tertiary/aromatic N) is 2. The highest BCUT2D eigenvalue weighted by Crippen LogP contribution is 2.21. The molecule has 3 heteroatoms. The summed E-state index contributed by atoms with van der Waals surface area (Å²) in [4.78, 5) is 3.40. The molecule has 0 amide bonds. The molecule has 0 aliphatic rings. The number of rotatable bonds is 5. The van der Waals surface area contributed by atoms with Crippen molar-refractivity contribution in [2.24, 2.45) is 0 Å². The minimum Gasteiger partial charge on any atom is -0.374 e. The molecular weight excluding hydrogens is 204 g/mol. The molecule has 0 aliphatic heterocycles. The van der Waals surface area contributed by atoms with Gasteiger partial charge in [0.1, 0.15) is 0 Å². The van der Waals surface area contributed by atoms with Crippen LogP contribution in [0, 0.1) is 11.3 Å². The van der Waals surface area contributed by atoms with Crippen molar-refractivity contribution in [2.75, 3.05) is 24.2 Å². The maximum absolute atomic E-state index is 8.50. The summed E-state index contributed by atoms with van der Waals surface area (Å²) in [5.74, 6) is 1.10. The van der Waals surface area contributed by atoms with Crippen LogP contribution in [0.5, 0.6) is 0 Å². The number of nitriles is 1. The maximum Gasteiger partial charge on any atom is 0.0640 e. The van der Waals surface area contributed by atoms with Gasteiger partial charge in [-0.05, 0) is 30.0 Å². The Labute approximate surface area is 95.9 Å². The van der Waals surface area contributed by atoms with E-state index in [1.54, 1.807) is 0 Å². The predicted octanol–water partition coefficient (Wildman–Crippen LogP) is 3.15. The molecule has 0 radical (unpaired) electrons. The molecule has 0 fully saturated rings. The molecule has 0 unspecified atom stereocenters. The Morgan fingerprint density at radius 2 is 2.00 bits per heavy atom. The summed E-state index contributed by atoms with van der Waals surface area (Å²) in [6, 6.07) is 10.6. The molecule has 0 saturated heterocycles. The SMILES string of the molecule is CCSc1ccc(N(C)CCC#N)cc1. The van der Waals surface area contributed by atoms with Crippen LogP contribution < -0.4 is 4.90 Å². The fourth-order valence-corrected chi connectivity index (χ4v) is 1.97. The highest BCUT2D eigenvalue weighted by Gasteiger charge is 1.99. The fourth-order valence-electron chi connectivity index (χ4n) is 1.31. The van der Waals surface area contributed by atoms with Crippen LogP contribution in [0.15, 0.2) is 29.2 Å². The first kappa shape index (κ1) is 11.9. The summed E-state index contributed by atoms with van der Waals surface area (Å²) >= 11 is 1.84. The Morgan fingerprint density at radius 1 is 1.33 bits per heavy atom. The van der Waals surface area contributed by atoms with E-state index in [0.717, 1.165) is 12.3 Å². The summed E-state index contributed by atoms with van der Waals surface area (Å²) in [7, 11) is 2.01. The van der Waals surface area contributed by atoms with Crippen molar-refractivity contribution in [1.82, 2.24) is 0 Å². The maximum atomic E-state index is 8.50. The Bertz CT molecular complexity index is 326. The highest BCUT2D eigenvalue weighted by molar-refractivity contribution is 7.99. The lowest BCUT2D eigenvalue weighted by atomic mass is 10.3. The Hall–Kier alpha value is -1.14. The summed E-state index contributed by atoms with van der Waals surface area (Å²) in [5, 5.41) is 8.50. The normalized spacial score (nSPS) is 9.67. The van der Waals surface area contributed by atoms with Crippen LogP contribution in [0.4, 0.5) is 5.69 Å². The second kappa shape index (κ2) is 6.36. The monoisotopic (exact) mass is 220 g/mol. The van der Waals surface area contributed by atoms with E-state index in [-0.39, 0.29) is 0 Å². The molecule has 0 aromatic heterocycles. The van der Waals surface area contributed by atoms with Crippen molar-refractivity contribution in [3.05, 3.63) is 24.3 Å².